The summed E-state index contributed by atoms with van der Waals surface area (Å²) < 4.78 is 0. The number of rotatable bonds is 6. The van der Waals surface area contributed by atoms with Crippen LogP contribution >= 0.6 is 0 Å². The third-order valence-corrected chi connectivity index (χ3v) is 4.53. The molecule has 2 heterocycles. The zero-order valence-electron chi connectivity index (χ0n) is 13.4. The summed E-state index contributed by atoms with van der Waals surface area (Å²) in [6, 6.07) is 10.8. The summed E-state index contributed by atoms with van der Waals surface area (Å²) in [5.41, 5.74) is 3.86. The van der Waals surface area contributed by atoms with E-state index in [1.54, 1.807) is 0 Å². The van der Waals surface area contributed by atoms with Crippen molar-refractivity contribution in [3.8, 4) is 0 Å². The van der Waals surface area contributed by atoms with Gasteiger partial charge in [0.05, 0.1) is 6.20 Å². The van der Waals surface area contributed by atoms with E-state index in [9.17, 15) is 0 Å². The van der Waals surface area contributed by atoms with Crippen LogP contribution < -0.4 is 5.32 Å². The summed E-state index contributed by atoms with van der Waals surface area (Å²) in [7, 11) is 0. The summed E-state index contributed by atoms with van der Waals surface area (Å²) in [6.45, 7) is 7.59. The van der Waals surface area contributed by atoms with Crippen molar-refractivity contribution in [3.63, 3.8) is 0 Å². The Morgan fingerprint density at radius 3 is 2.95 bits per heavy atom. The van der Waals surface area contributed by atoms with Crippen LogP contribution in [-0.4, -0.2) is 34.7 Å². The van der Waals surface area contributed by atoms with E-state index < -0.39 is 0 Å². The van der Waals surface area contributed by atoms with Gasteiger partial charge in [-0.05, 0) is 44.3 Å². The molecule has 1 saturated heterocycles. The van der Waals surface area contributed by atoms with Crippen molar-refractivity contribution < 1.29 is 0 Å². The Morgan fingerprint density at radius 2 is 2.18 bits per heavy atom. The first-order valence-electron chi connectivity index (χ1n) is 8.27. The van der Waals surface area contributed by atoms with Crippen LogP contribution in [0, 0.1) is 12.8 Å². The number of hydrogen-bond acceptors (Lipinski definition) is 3. The van der Waals surface area contributed by atoms with Crippen LogP contribution in [0.2, 0.25) is 0 Å². The van der Waals surface area contributed by atoms with Gasteiger partial charge in [0.25, 0.3) is 0 Å². The highest BCUT2D eigenvalue weighted by Gasteiger charge is 2.19. The third kappa shape index (κ3) is 4.18. The molecule has 1 aliphatic rings. The lowest BCUT2D eigenvalue weighted by Gasteiger charge is -2.33. The molecular formula is C18H26N4. The first-order valence-corrected chi connectivity index (χ1v) is 8.27. The molecule has 0 spiro atoms. The van der Waals surface area contributed by atoms with Crippen LogP contribution in [0.1, 0.15) is 29.7 Å². The summed E-state index contributed by atoms with van der Waals surface area (Å²) in [5.74, 6) is 0.754. The SMILES string of the molecule is Cc1[nH]ncc1CNC[C@H]1CCCN(Cc2ccccc2)C1. The fourth-order valence-corrected chi connectivity index (χ4v) is 3.27. The van der Waals surface area contributed by atoms with Crippen molar-refractivity contribution in [3.05, 3.63) is 53.3 Å². The number of hydrogen-bond donors (Lipinski definition) is 2. The Bertz CT molecular complexity index is 563. The van der Waals surface area contributed by atoms with Crippen molar-refractivity contribution in [2.75, 3.05) is 19.6 Å². The first-order chi connectivity index (χ1) is 10.8. The van der Waals surface area contributed by atoms with Gasteiger partial charge in [0.1, 0.15) is 0 Å². The number of benzene rings is 1. The first kappa shape index (κ1) is 15.3. The molecule has 4 nitrogen and oxygen atoms in total. The predicted molar refractivity (Wildman–Crippen MR) is 89.5 cm³/mol. The molecule has 2 aromatic rings. The van der Waals surface area contributed by atoms with E-state index in [0.717, 1.165) is 25.6 Å². The Hall–Kier alpha value is -1.65. The number of H-pyrrole nitrogens is 1. The van der Waals surface area contributed by atoms with E-state index in [2.05, 4.69) is 57.7 Å². The molecule has 3 rings (SSSR count). The lowest BCUT2D eigenvalue weighted by Crippen LogP contribution is -2.39. The summed E-state index contributed by atoms with van der Waals surface area (Å²) in [6.07, 6.45) is 4.57. The summed E-state index contributed by atoms with van der Waals surface area (Å²) in [4.78, 5) is 2.59. The number of nitrogens with one attached hydrogen (secondary N) is 2. The molecule has 1 aliphatic heterocycles. The van der Waals surface area contributed by atoms with Gasteiger partial charge in [0, 0.05) is 30.9 Å². The van der Waals surface area contributed by atoms with Crippen LogP contribution in [0.15, 0.2) is 36.5 Å². The van der Waals surface area contributed by atoms with Gasteiger partial charge in [0.2, 0.25) is 0 Å². The van der Waals surface area contributed by atoms with Gasteiger partial charge < -0.3 is 5.32 Å². The molecule has 0 bridgehead atoms. The van der Waals surface area contributed by atoms with Crippen LogP contribution in [-0.2, 0) is 13.1 Å². The number of piperidine rings is 1. The second-order valence-electron chi connectivity index (χ2n) is 6.38. The van der Waals surface area contributed by atoms with Gasteiger partial charge in [-0.15, -0.1) is 0 Å². The number of aromatic amines is 1. The molecule has 118 valence electrons. The predicted octanol–water partition coefficient (Wildman–Crippen LogP) is 2.72. The average Bonchev–Trinajstić information content (AvgIpc) is 2.94. The average molecular weight is 298 g/mol. The molecule has 0 radical (unpaired) electrons. The zero-order valence-corrected chi connectivity index (χ0v) is 13.4. The number of aromatic nitrogens is 2. The van der Waals surface area contributed by atoms with Gasteiger partial charge in [-0.2, -0.15) is 5.10 Å². The lowest BCUT2D eigenvalue weighted by atomic mass is 9.97. The number of nitrogens with zero attached hydrogens (tertiary/aromatic N) is 2. The molecule has 0 saturated carbocycles. The number of likely N-dealkylation sites (tertiary alicyclic amines) is 1. The molecule has 1 aromatic carbocycles. The van der Waals surface area contributed by atoms with Gasteiger partial charge in [-0.25, -0.2) is 0 Å². The fraction of sp³-hybridized carbons (Fsp3) is 0.500. The van der Waals surface area contributed by atoms with Crippen molar-refractivity contribution in [2.24, 2.45) is 5.92 Å². The molecule has 2 N–H and O–H groups in total. The Kier molecular flexibility index (Phi) is 5.24. The molecule has 0 amide bonds. The van der Waals surface area contributed by atoms with Crippen molar-refractivity contribution in [1.82, 2.24) is 20.4 Å². The van der Waals surface area contributed by atoms with E-state index >= 15 is 0 Å². The van der Waals surface area contributed by atoms with Gasteiger partial charge in [0.15, 0.2) is 0 Å². The second-order valence-corrected chi connectivity index (χ2v) is 6.38. The quantitative estimate of drug-likeness (QED) is 0.862. The van der Waals surface area contributed by atoms with Crippen molar-refractivity contribution in [1.29, 1.82) is 0 Å². The van der Waals surface area contributed by atoms with Crippen LogP contribution in [0.5, 0.6) is 0 Å². The van der Waals surface area contributed by atoms with Crippen molar-refractivity contribution >= 4 is 0 Å². The minimum Gasteiger partial charge on any atom is -0.312 e. The highest BCUT2D eigenvalue weighted by Crippen LogP contribution is 2.18. The van der Waals surface area contributed by atoms with Crippen LogP contribution in [0.4, 0.5) is 0 Å². The standard InChI is InChI=1S/C18H26N4/c1-15-18(12-20-21-15)11-19-10-17-8-5-9-22(14-17)13-16-6-3-2-4-7-16/h2-4,6-7,12,17,19H,5,8-11,13-14H2,1H3,(H,20,21)/t17-/m1/s1. The normalized spacial score (nSPS) is 19.4. The maximum Gasteiger partial charge on any atom is 0.0535 e. The molecule has 1 aromatic heterocycles. The van der Waals surface area contributed by atoms with E-state index in [-0.39, 0.29) is 0 Å². The van der Waals surface area contributed by atoms with Gasteiger partial charge in [-0.1, -0.05) is 30.3 Å². The zero-order chi connectivity index (χ0) is 15.2. The maximum absolute atomic E-state index is 4.07. The molecule has 0 unspecified atom stereocenters. The van der Waals surface area contributed by atoms with E-state index in [1.807, 2.05) is 6.20 Å². The largest absolute Gasteiger partial charge is 0.312 e. The lowest BCUT2D eigenvalue weighted by molar-refractivity contribution is 0.165. The smallest absolute Gasteiger partial charge is 0.0535 e. The minimum atomic E-state index is 0.754. The highest BCUT2D eigenvalue weighted by atomic mass is 15.1. The Labute approximate surface area is 132 Å². The van der Waals surface area contributed by atoms with Crippen molar-refractivity contribution in [2.45, 2.75) is 32.9 Å². The fourth-order valence-electron chi connectivity index (χ4n) is 3.27. The molecular weight excluding hydrogens is 272 g/mol. The monoisotopic (exact) mass is 298 g/mol. The topological polar surface area (TPSA) is 44.0 Å². The Morgan fingerprint density at radius 1 is 1.32 bits per heavy atom. The van der Waals surface area contributed by atoms with Gasteiger partial charge >= 0.3 is 0 Å². The second kappa shape index (κ2) is 7.56. The van der Waals surface area contributed by atoms with E-state index in [1.165, 1.54) is 42.8 Å². The summed E-state index contributed by atoms with van der Waals surface area (Å²) in [5, 5.41) is 10.7. The highest BCUT2D eigenvalue weighted by molar-refractivity contribution is 5.15. The molecule has 22 heavy (non-hydrogen) atoms. The summed E-state index contributed by atoms with van der Waals surface area (Å²) >= 11 is 0. The molecule has 1 atom stereocenters. The Balaban J connectivity index is 1.43. The van der Waals surface area contributed by atoms with E-state index in [4.69, 9.17) is 0 Å². The maximum atomic E-state index is 4.07. The van der Waals surface area contributed by atoms with Crippen LogP contribution in [0.25, 0.3) is 0 Å². The molecule has 0 aliphatic carbocycles. The van der Waals surface area contributed by atoms with Gasteiger partial charge in [-0.3, -0.25) is 10.00 Å². The third-order valence-electron chi connectivity index (χ3n) is 4.53. The van der Waals surface area contributed by atoms with Crippen LogP contribution in [0.3, 0.4) is 0 Å². The minimum absolute atomic E-state index is 0.754. The molecule has 4 heteroatoms. The van der Waals surface area contributed by atoms with E-state index in [0.29, 0.717) is 0 Å². The molecule has 1 fully saturated rings. The number of aryl methyl sites for hydroxylation is 1.